The Balaban J connectivity index is 3.92. The molecule has 0 aromatic rings. The SMILES string of the molecule is CC/C(=C\CCC(C)C=O)CCC=C(C)C. The number of hydrogen-bond donors (Lipinski definition) is 0. The van der Waals surface area contributed by atoms with E-state index in [1.807, 2.05) is 6.92 Å². The first-order chi connectivity index (χ1) is 7.60. The van der Waals surface area contributed by atoms with Gasteiger partial charge in [0.2, 0.25) is 0 Å². The Bertz CT molecular complexity index is 244. The van der Waals surface area contributed by atoms with Gasteiger partial charge in [-0.3, -0.25) is 0 Å². The minimum absolute atomic E-state index is 0.201. The molecule has 0 heterocycles. The molecule has 92 valence electrons. The average molecular weight is 222 g/mol. The zero-order valence-corrected chi connectivity index (χ0v) is 11.3. The van der Waals surface area contributed by atoms with E-state index in [4.69, 9.17) is 0 Å². The van der Waals surface area contributed by atoms with Gasteiger partial charge in [0, 0.05) is 5.92 Å². The van der Waals surface area contributed by atoms with E-state index in [0.717, 1.165) is 38.4 Å². The second kappa shape index (κ2) is 9.38. The van der Waals surface area contributed by atoms with Crippen LogP contribution in [0.1, 0.15) is 59.8 Å². The lowest BCUT2D eigenvalue weighted by Gasteiger charge is -2.04. The molecule has 1 unspecified atom stereocenters. The topological polar surface area (TPSA) is 17.1 Å². The maximum Gasteiger partial charge on any atom is 0.122 e. The number of hydrogen-bond acceptors (Lipinski definition) is 1. The lowest BCUT2D eigenvalue weighted by atomic mass is 10.0. The summed E-state index contributed by atoms with van der Waals surface area (Å²) >= 11 is 0. The van der Waals surface area contributed by atoms with E-state index >= 15 is 0 Å². The van der Waals surface area contributed by atoms with Gasteiger partial charge >= 0.3 is 0 Å². The second-order valence-corrected chi connectivity index (χ2v) is 4.73. The summed E-state index contributed by atoms with van der Waals surface area (Å²) in [5.41, 5.74) is 2.92. The summed E-state index contributed by atoms with van der Waals surface area (Å²) in [5, 5.41) is 0. The normalized spacial score (nSPS) is 13.4. The van der Waals surface area contributed by atoms with E-state index in [1.165, 1.54) is 11.1 Å². The van der Waals surface area contributed by atoms with Crippen molar-refractivity contribution >= 4 is 6.29 Å². The van der Waals surface area contributed by atoms with Gasteiger partial charge in [-0.1, -0.05) is 37.1 Å². The third kappa shape index (κ3) is 8.46. The molecule has 0 rings (SSSR count). The third-order valence-electron chi connectivity index (χ3n) is 2.76. The Kier molecular flexibility index (Phi) is 8.88. The minimum Gasteiger partial charge on any atom is -0.303 e. The number of rotatable bonds is 8. The first-order valence-electron chi connectivity index (χ1n) is 6.36. The third-order valence-corrected chi connectivity index (χ3v) is 2.76. The van der Waals surface area contributed by atoms with E-state index in [-0.39, 0.29) is 5.92 Å². The van der Waals surface area contributed by atoms with Crippen molar-refractivity contribution in [3.8, 4) is 0 Å². The maximum absolute atomic E-state index is 10.5. The second-order valence-electron chi connectivity index (χ2n) is 4.73. The fourth-order valence-corrected chi connectivity index (χ4v) is 1.59. The van der Waals surface area contributed by atoms with Crippen molar-refractivity contribution in [1.82, 2.24) is 0 Å². The molecule has 0 aromatic heterocycles. The van der Waals surface area contributed by atoms with Gasteiger partial charge in [-0.05, 0) is 46.0 Å². The molecule has 0 aromatic carbocycles. The molecule has 16 heavy (non-hydrogen) atoms. The maximum atomic E-state index is 10.5. The predicted octanol–water partition coefficient (Wildman–Crippen LogP) is 4.68. The van der Waals surface area contributed by atoms with Gasteiger partial charge in [-0.25, -0.2) is 0 Å². The van der Waals surface area contributed by atoms with Crippen LogP contribution in [0.2, 0.25) is 0 Å². The van der Waals surface area contributed by atoms with Crippen LogP contribution in [0.4, 0.5) is 0 Å². The molecule has 0 N–H and O–H groups in total. The van der Waals surface area contributed by atoms with Crippen molar-refractivity contribution in [2.75, 3.05) is 0 Å². The minimum atomic E-state index is 0.201. The summed E-state index contributed by atoms with van der Waals surface area (Å²) in [5.74, 6) is 0.201. The molecule has 0 aliphatic heterocycles. The number of allylic oxidation sites excluding steroid dienone is 4. The van der Waals surface area contributed by atoms with Gasteiger partial charge in [-0.2, -0.15) is 0 Å². The molecule has 0 bridgehead atoms. The smallest absolute Gasteiger partial charge is 0.122 e. The molecule has 0 saturated heterocycles. The van der Waals surface area contributed by atoms with Crippen LogP contribution < -0.4 is 0 Å². The molecule has 1 atom stereocenters. The molecule has 0 spiro atoms. The van der Waals surface area contributed by atoms with Crippen molar-refractivity contribution < 1.29 is 4.79 Å². The number of aldehydes is 1. The van der Waals surface area contributed by atoms with Crippen LogP contribution in [-0.2, 0) is 4.79 Å². The van der Waals surface area contributed by atoms with Crippen LogP contribution in [0.15, 0.2) is 23.3 Å². The average Bonchev–Trinajstić information content (AvgIpc) is 2.26. The number of carbonyl (C=O) groups excluding carboxylic acids is 1. The zero-order valence-electron chi connectivity index (χ0n) is 11.3. The Morgan fingerprint density at radius 3 is 2.38 bits per heavy atom. The molecule has 0 radical (unpaired) electrons. The molecular formula is C15H26O. The van der Waals surface area contributed by atoms with Gasteiger partial charge in [0.25, 0.3) is 0 Å². The van der Waals surface area contributed by atoms with Gasteiger partial charge in [0.05, 0.1) is 0 Å². The molecule has 1 nitrogen and oxygen atoms in total. The van der Waals surface area contributed by atoms with E-state index < -0.39 is 0 Å². The first-order valence-corrected chi connectivity index (χ1v) is 6.36. The predicted molar refractivity (Wildman–Crippen MR) is 71.5 cm³/mol. The van der Waals surface area contributed by atoms with Crippen molar-refractivity contribution in [3.05, 3.63) is 23.3 Å². The van der Waals surface area contributed by atoms with Crippen LogP contribution in [0, 0.1) is 5.92 Å². The number of carbonyl (C=O) groups is 1. The fourth-order valence-electron chi connectivity index (χ4n) is 1.59. The monoisotopic (exact) mass is 222 g/mol. The quantitative estimate of drug-likeness (QED) is 0.430. The zero-order chi connectivity index (χ0) is 12.4. The molecule has 1 heteroatoms. The summed E-state index contributed by atoms with van der Waals surface area (Å²) in [7, 11) is 0. The van der Waals surface area contributed by atoms with Crippen molar-refractivity contribution in [2.24, 2.45) is 5.92 Å². The summed E-state index contributed by atoms with van der Waals surface area (Å²) in [6, 6.07) is 0. The summed E-state index contributed by atoms with van der Waals surface area (Å²) < 4.78 is 0. The highest BCUT2D eigenvalue weighted by Gasteiger charge is 1.98. The van der Waals surface area contributed by atoms with Gasteiger partial charge in [-0.15, -0.1) is 0 Å². The highest BCUT2D eigenvalue weighted by molar-refractivity contribution is 5.52. The van der Waals surface area contributed by atoms with E-state index in [2.05, 4.69) is 32.9 Å². The fraction of sp³-hybridized carbons (Fsp3) is 0.667. The van der Waals surface area contributed by atoms with Crippen molar-refractivity contribution in [3.63, 3.8) is 0 Å². The van der Waals surface area contributed by atoms with Crippen LogP contribution in [-0.4, -0.2) is 6.29 Å². The molecule has 0 aliphatic rings. The Hall–Kier alpha value is -0.850. The van der Waals surface area contributed by atoms with Crippen LogP contribution in [0.5, 0.6) is 0 Å². The van der Waals surface area contributed by atoms with Crippen molar-refractivity contribution in [1.29, 1.82) is 0 Å². The lowest BCUT2D eigenvalue weighted by Crippen LogP contribution is -1.94. The van der Waals surface area contributed by atoms with Crippen LogP contribution in [0.3, 0.4) is 0 Å². The Labute approximate surface area is 101 Å². The largest absolute Gasteiger partial charge is 0.303 e. The molecule has 0 aliphatic carbocycles. The van der Waals surface area contributed by atoms with Gasteiger partial charge in [0.15, 0.2) is 0 Å². The highest BCUT2D eigenvalue weighted by atomic mass is 16.1. The van der Waals surface area contributed by atoms with Crippen LogP contribution >= 0.6 is 0 Å². The van der Waals surface area contributed by atoms with E-state index in [1.54, 1.807) is 0 Å². The summed E-state index contributed by atoms with van der Waals surface area (Å²) in [6.07, 6.45) is 11.1. The summed E-state index contributed by atoms with van der Waals surface area (Å²) in [6.45, 7) is 8.47. The van der Waals surface area contributed by atoms with Gasteiger partial charge < -0.3 is 4.79 Å². The lowest BCUT2D eigenvalue weighted by molar-refractivity contribution is -0.110. The van der Waals surface area contributed by atoms with Gasteiger partial charge in [0.1, 0.15) is 6.29 Å². The molecule has 0 amide bonds. The molecule has 0 fully saturated rings. The highest BCUT2D eigenvalue weighted by Crippen LogP contribution is 2.14. The molecule has 0 saturated carbocycles. The molecular weight excluding hydrogens is 196 g/mol. The first kappa shape index (κ1) is 15.2. The van der Waals surface area contributed by atoms with E-state index in [0.29, 0.717) is 0 Å². The Morgan fingerprint density at radius 2 is 1.88 bits per heavy atom. The standard InChI is InChI=1S/C15H26O/c1-5-15(10-6-8-13(2)3)11-7-9-14(4)12-16/h8,11-12,14H,5-7,9-10H2,1-4H3/b15-11+. The summed E-state index contributed by atoms with van der Waals surface area (Å²) in [4.78, 5) is 10.5. The van der Waals surface area contributed by atoms with Crippen molar-refractivity contribution in [2.45, 2.75) is 59.8 Å². The van der Waals surface area contributed by atoms with Crippen LogP contribution in [0.25, 0.3) is 0 Å². The van der Waals surface area contributed by atoms with E-state index in [9.17, 15) is 4.79 Å². The Morgan fingerprint density at radius 1 is 1.19 bits per heavy atom.